The summed E-state index contributed by atoms with van der Waals surface area (Å²) in [6.45, 7) is 6.59. The fourth-order valence-electron chi connectivity index (χ4n) is 7.79. The number of carbonyl (C=O) groups excluding carboxylic acids is 3. The van der Waals surface area contributed by atoms with Crippen molar-refractivity contribution < 1.29 is 28.6 Å². The van der Waals surface area contributed by atoms with Crippen molar-refractivity contribution in [1.82, 2.24) is 0 Å². The van der Waals surface area contributed by atoms with Crippen molar-refractivity contribution in [2.75, 3.05) is 13.2 Å². The van der Waals surface area contributed by atoms with Crippen LogP contribution in [0.25, 0.3) is 0 Å². The second-order valence-electron chi connectivity index (χ2n) is 17.8. The van der Waals surface area contributed by atoms with Gasteiger partial charge in [-0.25, -0.2) is 0 Å². The van der Waals surface area contributed by atoms with E-state index >= 15 is 0 Å². The Hall–Kier alpha value is -1.85. The van der Waals surface area contributed by atoms with Crippen LogP contribution in [0.1, 0.15) is 290 Å². The molecule has 0 aliphatic rings. The monoisotopic (exact) mass is 833 g/mol. The lowest BCUT2D eigenvalue weighted by Crippen LogP contribution is -2.30. The molecule has 0 rings (SSSR count). The number of rotatable bonds is 48. The van der Waals surface area contributed by atoms with E-state index in [9.17, 15) is 14.4 Å². The Morgan fingerprint density at radius 1 is 0.322 bits per heavy atom. The second-order valence-corrected chi connectivity index (χ2v) is 17.8. The molecule has 348 valence electrons. The molecule has 0 fully saturated rings. The third-order valence-corrected chi connectivity index (χ3v) is 11.8. The van der Waals surface area contributed by atoms with Crippen LogP contribution >= 0.6 is 0 Å². The van der Waals surface area contributed by atoms with Gasteiger partial charge in [0.25, 0.3) is 0 Å². The minimum Gasteiger partial charge on any atom is -0.462 e. The van der Waals surface area contributed by atoms with Crippen molar-refractivity contribution in [1.29, 1.82) is 0 Å². The molecule has 0 aromatic rings. The van der Waals surface area contributed by atoms with E-state index < -0.39 is 6.10 Å². The fourth-order valence-corrected chi connectivity index (χ4v) is 7.79. The SMILES string of the molecule is CCCCCCCCC/C=C\CCCCCCCCCC(=O)OCC(COC(=O)CCCCCCC)OC(=O)CCCCCCCCCCCCCCCCCCCC. The second kappa shape index (κ2) is 48.8. The summed E-state index contributed by atoms with van der Waals surface area (Å²) in [6, 6.07) is 0. The first-order valence-electron chi connectivity index (χ1n) is 26.2. The zero-order valence-corrected chi connectivity index (χ0v) is 39.8. The fraction of sp³-hybridized carbons (Fsp3) is 0.906. The highest BCUT2D eigenvalue weighted by atomic mass is 16.6. The molecule has 0 amide bonds. The maximum Gasteiger partial charge on any atom is 0.306 e. The lowest BCUT2D eigenvalue weighted by atomic mass is 10.0. The number of hydrogen-bond acceptors (Lipinski definition) is 6. The Kier molecular flexibility index (Phi) is 47.3. The van der Waals surface area contributed by atoms with E-state index in [-0.39, 0.29) is 31.1 Å². The predicted molar refractivity (Wildman–Crippen MR) is 252 cm³/mol. The van der Waals surface area contributed by atoms with Crippen molar-refractivity contribution in [3.63, 3.8) is 0 Å². The molecule has 59 heavy (non-hydrogen) atoms. The van der Waals surface area contributed by atoms with Crippen LogP contribution in [0, 0.1) is 0 Å². The summed E-state index contributed by atoms with van der Waals surface area (Å²) >= 11 is 0. The zero-order valence-electron chi connectivity index (χ0n) is 39.8. The predicted octanol–water partition coefficient (Wildman–Crippen LogP) is 17.0. The molecular weight excluding hydrogens is 733 g/mol. The van der Waals surface area contributed by atoms with Gasteiger partial charge in [-0.2, -0.15) is 0 Å². The number of esters is 3. The van der Waals surface area contributed by atoms with Gasteiger partial charge in [0.2, 0.25) is 0 Å². The topological polar surface area (TPSA) is 78.9 Å². The molecule has 0 aromatic heterocycles. The van der Waals surface area contributed by atoms with Crippen molar-refractivity contribution >= 4 is 17.9 Å². The minimum atomic E-state index is -0.763. The molecule has 0 aliphatic carbocycles. The van der Waals surface area contributed by atoms with Crippen molar-refractivity contribution in [2.45, 2.75) is 297 Å². The summed E-state index contributed by atoms with van der Waals surface area (Å²) in [7, 11) is 0. The van der Waals surface area contributed by atoms with E-state index in [4.69, 9.17) is 14.2 Å². The van der Waals surface area contributed by atoms with E-state index in [1.165, 1.54) is 186 Å². The van der Waals surface area contributed by atoms with Gasteiger partial charge < -0.3 is 14.2 Å². The third kappa shape index (κ3) is 47.1. The summed E-state index contributed by atoms with van der Waals surface area (Å²) in [4.78, 5) is 37.7. The summed E-state index contributed by atoms with van der Waals surface area (Å²) < 4.78 is 16.7. The molecule has 0 aromatic carbocycles. The van der Waals surface area contributed by atoms with Gasteiger partial charge in [0, 0.05) is 19.3 Å². The summed E-state index contributed by atoms with van der Waals surface area (Å²) in [6.07, 6.45) is 53.8. The van der Waals surface area contributed by atoms with Gasteiger partial charge in [0.05, 0.1) is 0 Å². The smallest absolute Gasteiger partial charge is 0.306 e. The summed E-state index contributed by atoms with van der Waals surface area (Å²) in [5.41, 5.74) is 0. The number of hydrogen-bond donors (Lipinski definition) is 0. The van der Waals surface area contributed by atoms with Crippen LogP contribution in [-0.4, -0.2) is 37.2 Å². The molecular formula is C53H100O6. The molecule has 1 unspecified atom stereocenters. The third-order valence-electron chi connectivity index (χ3n) is 11.8. The summed E-state index contributed by atoms with van der Waals surface area (Å²) in [5.74, 6) is -0.870. The van der Waals surface area contributed by atoms with Gasteiger partial charge in [0.15, 0.2) is 6.10 Å². The molecule has 0 saturated carbocycles. The van der Waals surface area contributed by atoms with Crippen LogP contribution in [0.5, 0.6) is 0 Å². The number of allylic oxidation sites excluding steroid dienone is 2. The first-order chi connectivity index (χ1) is 29.0. The first-order valence-corrected chi connectivity index (χ1v) is 26.2. The van der Waals surface area contributed by atoms with Gasteiger partial charge in [0.1, 0.15) is 13.2 Å². The molecule has 0 heterocycles. The van der Waals surface area contributed by atoms with Crippen LogP contribution in [0.3, 0.4) is 0 Å². The average molecular weight is 833 g/mol. The number of carbonyl (C=O) groups is 3. The Morgan fingerprint density at radius 3 is 0.847 bits per heavy atom. The largest absolute Gasteiger partial charge is 0.462 e. The molecule has 0 bridgehead atoms. The normalized spacial score (nSPS) is 12.0. The van der Waals surface area contributed by atoms with Crippen LogP contribution in [0.2, 0.25) is 0 Å². The molecule has 0 aliphatic heterocycles. The molecule has 6 heteroatoms. The zero-order chi connectivity index (χ0) is 43.0. The van der Waals surface area contributed by atoms with Crippen LogP contribution in [0.15, 0.2) is 12.2 Å². The molecule has 0 radical (unpaired) electrons. The van der Waals surface area contributed by atoms with Gasteiger partial charge in [-0.15, -0.1) is 0 Å². The minimum absolute atomic E-state index is 0.0685. The van der Waals surface area contributed by atoms with E-state index in [1.54, 1.807) is 0 Å². The molecule has 0 spiro atoms. The van der Waals surface area contributed by atoms with Crippen molar-refractivity contribution in [2.24, 2.45) is 0 Å². The molecule has 0 saturated heterocycles. The highest BCUT2D eigenvalue weighted by Crippen LogP contribution is 2.16. The van der Waals surface area contributed by atoms with Gasteiger partial charge >= 0.3 is 17.9 Å². The highest BCUT2D eigenvalue weighted by Gasteiger charge is 2.19. The van der Waals surface area contributed by atoms with Crippen LogP contribution in [-0.2, 0) is 28.6 Å². The number of unbranched alkanes of at least 4 members (excludes halogenated alkanes) is 35. The Bertz CT molecular complexity index is 916. The first kappa shape index (κ1) is 57.1. The maximum atomic E-state index is 12.7. The quantitative estimate of drug-likeness (QED) is 0.0263. The van der Waals surface area contributed by atoms with E-state index in [1.807, 2.05) is 0 Å². The van der Waals surface area contributed by atoms with E-state index in [0.717, 1.165) is 64.2 Å². The summed E-state index contributed by atoms with van der Waals surface area (Å²) in [5, 5.41) is 0. The van der Waals surface area contributed by atoms with Gasteiger partial charge in [-0.05, 0) is 44.9 Å². The van der Waals surface area contributed by atoms with E-state index in [0.29, 0.717) is 19.3 Å². The van der Waals surface area contributed by atoms with Gasteiger partial charge in [-0.3, -0.25) is 14.4 Å². The maximum absolute atomic E-state index is 12.7. The van der Waals surface area contributed by atoms with Gasteiger partial charge in [-0.1, -0.05) is 238 Å². The highest BCUT2D eigenvalue weighted by molar-refractivity contribution is 5.71. The number of ether oxygens (including phenoxy) is 3. The van der Waals surface area contributed by atoms with Crippen molar-refractivity contribution in [3.8, 4) is 0 Å². The lowest BCUT2D eigenvalue weighted by Gasteiger charge is -2.18. The Balaban J connectivity index is 4.11. The molecule has 1 atom stereocenters. The standard InChI is InChI=1S/C53H100O6/c1-4-7-10-13-15-17-19-21-23-25-27-29-31-33-35-37-40-43-46-52(55)58-49-50(48-57-51(54)45-42-39-12-9-6-3)59-53(56)47-44-41-38-36-34-32-30-28-26-24-22-20-18-16-14-11-8-5-2/h23,25,50H,4-22,24,26-49H2,1-3H3/b25-23-. The lowest BCUT2D eigenvalue weighted by molar-refractivity contribution is -0.167. The molecule has 6 nitrogen and oxygen atoms in total. The van der Waals surface area contributed by atoms with Crippen molar-refractivity contribution in [3.05, 3.63) is 12.2 Å². The Labute approximate surface area is 367 Å². The molecule has 0 N–H and O–H groups in total. The van der Waals surface area contributed by atoms with Crippen LogP contribution < -0.4 is 0 Å². The van der Waals surface area contributed by atoms with Crippen LogP contribution in [0.4, 0.5) is 0 Å². The Morgan fingerprint density at radius 2 is 0.559 bits per heavy atom. The van der Waals surface area contributed by atoms with E-state index in [2.05, 4.69) is 32.9 Å². The average Bonchev–Trinajstić information content (AvgIpc) is 3.23.